The van der Waals surface area contributed by atoms with E-state index in [1.165, 1.54) is 11.1 Å². The summed E-state index contributed by atoms with van der Waals surface area (Å²) in [6.07, 6.45) is 4.47. The number of ether oxygens (including phenoxy) is 2. The summed E-state index contributed by atoms with van der Waals surface area (Å²) in [6.45, 7) is 10.8. The number of piperidine rings is 1. The monoisotopic (exact) mass is 577 g/mol. The average molecular weight is 578 g/mol. The highest BCUT2D eigenvalue weighted by atomic mass is 35.5. The smallest absolute Gasteiger partial charge is 0.256 e. The van der Waals surface area contributed by atoms with Crippen LogP contribution in [0.2, 0.25) is 5.02 Å². The molecule has 9 heteroatoms. The van der Waals surface area contributed by atoms with Gasteiger partial charge in [-0.05, 0) is 89.0 Å². The molecule has 1 amide bonds. The lowest BCUT2D eigenvalue weighted by molar-refractivity contribution is 0.0303. The normalized spacial score (nSPS) is 16.7. The Morgan fingerprint density at radius 1 is 1.15 bits per heavy atom. The third-order valence-electron chi connectivity index (χ3n) is 7.82. The summed E-state index contributed by atoms with van der Waals surface area (Å²) in [4.78, 5) is 26.8. The van der Waals surface area contributed by atoms with Crippen LogP contribution in [-0.2, 0) is 11.2 Å². The molecule has 3 aromatic rings. The molecule has 3 heterocycles. The van der Waals surface area contributed by atoms with Gasteiger partial charge >= 0.3 is 0 Å². The first kappa shape index (κ1) is 29.3. The molecule has 2 aliphatic heterocycles. The van der Waals surface area contributed by atoms with E-state index in [9.17, 15) is 4.79 Å². The molecule has 2 aliphatic rings. The second-order valence-corrected chi connectivity index (χ2v) is 11.7. The van der Waals surface area contributed by atoms with E-state index in [1.807, 2.05) is 29.2 Å². The summed E-state index contributed by atoms with van der Waals surface area (Å²) in [6, 6.07) is 11.9. The summed E-state index contributed by atoms with van der Waals surface area (Å²) in [5.74, 6) is 2.46. The van der Waals surface area contributed by atoms with Crippen LogP contribution in [0.15, 0.2) is 42.6 Å². The number of morpholine rings is 1. The van der Waals surface area contributed by atoms with Crippen LogP contribution in [0.25, 0.3) is 0 Å². The zero-order valence-electron chi connectivity index (χ0n) is 24.5. The Hall–Kier alpha value is -3.20. The van der Waals surface area contributed by atoms with Crippen molar-refractivity contribution in [2.75, 3.05) is 51.8 Å². The summed E-state index contributed by atoms with van der Waals surface area (Å²) >= 11 is 6.54. The van der Waals surface area contributed by atoms with E-state index in [0.717, 1.165) is 37.2 Å². The van der Waals surface area contributed by atoms with Crippen molar-refractivity contribution in [3.63, 3.8) is 0 Å². The number of benzene rings is 2. The number of nitrogens with one attached hydrogen (secondary N) is 1. The minimum absolute atomic E-state index is 0.0440. The highest BCUT2D eigenvalue weighted by Gasteiger charge is 2.24. The molecule has 0 atom stereocenters. The number of amides is 1. The van der Waals surface area contributed by atoms with Crippen LogP contribution in [0, 0.1) is 6.92 Å². The number of rotatable bonds is 8. The predicted octanol–water partition coefficient (Wildman–Crippen LogP) is 5.84. The lowest BCUT2D eigenvalue weighted by atomic mass is 9.85. The average Bonchev–Trinajstić information content (AvgIpc) is 2.97. The van der Waals surface area contributed by atoms with Crippen LogP contribution in [-0.4, -0.2) is 78.2 Å². The minimum atomic E-state index is -0.0440. The summed E-state index contributed by atoms with van der Waals surface area (Å²) < 4.78 is 11.7. The SMILES string of the molecule is Cc1cc(Cc2ncc(Cl)c(Nc3ccccc3C(=O)N3CCOCC3)n2)c(OC(C)C)cc1C1CCN(C)CC1. The fraction of sp³-hybridized carbons (Fsp3) is 0.469. The number of aryl methyl sites for hydroxylation is 1. The Bertz CT molecular complexity index is 1370. The van der Waals surface area contributed by atoms with E-state index in [1.54, 1.807) is 6.20 Å². The van der Waals surface area contributed by atoms with Crippen molar-refractivity contribution >= 4 is 29.0 Å². The second-order valence-electron chi connectivity index (χ2n) is 11.3. The second kappa shape index (κ2) is 13.2. The maximum atomic E-state index is 13.3. The van der Waals surface area contributed by atoms with Gasteiger partial charge in [-0.3, -0.25) is 4.79 Å². The van der Waals surface area contributed by atoms with Gasteiger partial charge in [0.2, 0.25) is 0 Å². The molecule has 2 saturated heterocycles. The molecule has 2 aromatic carbocycles. The van der Waals surface area contributed by atoms with Crippen LogP contribution in [0.4, 0.5) is 11.5 Å². The Morgan fingerprint density at radius 2 is 1.88 bits per heavy atom. The third kappa shape index (κ3) is 7.18. The number of anilines is 2. The van der Waals surface area contributed by atoms with Crippen molar-refractivity contribution in [1.29, 1.82) is 0 Å². The number of carbonyl (C=O) groups is 1. The largest absolute Gasteiger partial charge is 0.491 e. The number of carbonyl (C=O) groups excluding carboxylic acids is 1. The first-order valence-electron chi connectivity index (χ1n) is 14.5. The first-order valence-corrected chi connectivity index (χ1v) is 14.9. The van der Waals surface area contributed by atoms with Crippen molar-refractivity contribution in [3.05, 3.63) is 75.7 Å². The number of hydrogen-bond acceptors (Lipinski definition) is 7. The minimum Gasteiger partial charge on any atom is -0.491 e. The predicted molar refractivity (Wildman–Crippen MR) is 163 cm³/mol. The molecule has 41 heavy (non-hydrogen) atoms. The first-order chi connectivity index (χ1) is 19.8. The lowest BCUT2D eigenvalue weighted by Crippen LogP contribution is -2.40. The summed E-state index contributed by atoms with van der Waals surface area (Å²) in [7, 11) is 2.19. The van der Waals surface area contributed by atoms with Crippen LogP contribution < -0.4 is 10.1 Å². The zero-order valence-corrected chi connectivity index (χ0v) is 25.2. The molecule has 0 unspecified atom stereocenters. The van der Waals surface area contributed by atoms with Gasteiger partial charge in [0.25, 0.3) is 5.91 Å². The molecule has 8 nitrogen and oxygen atoms in total. The summed E-state index contributed by atoms with van der Waals surface area (Å²) in [5.41, 5.74) is 4.91. The Kier molecular flexibility index (Phi) is 9.42. The standard InChI is InChI=1S/C32H40ClN5O3/c1-21(2)41-29-19-26(23-9-11-37(4)12-10-23)22(3)17-24(29)18-30-34-20-27(33)31(36-30)35-28-8-6-5-7-25(28)32(39)38-13-15-40-16-14-38/h5-8,17,19-21,23H,9-16,18H2,1-4H3,(H,34,35,36). The van der Waals surface area contributed by atoms with E-state index < -0.39 is 0 Å². The van der Waals surface area contributed by atoms with Crippen molar-refractivity contribution in [1.82, 2.24) is 19.8 Å². The van der Waals surface area contributed by atoms with Crippen LogP contribution >= 0.6 is 11.6 Å². The highest BCUT2D eigenvalue weighted by Crippen LogP contribution is 2.36. The number of halogens is 1. The molecule has 0 spiro atoms. The fourth-order valence-corrected chi connectivity index (χ4v) is 5.75. The van der Waals surface area contributed by atoms with Gasteiger partial charge in [-0.1, -0.05) is 29.8 Å². The van der Waals surface area contributed by atoms with Crippen molar-refractivity contribution in [2.24, 2.45) is 0 Å². The van der Waals surface area contributed by atoms with E-state index in [2.05, 4.69) is 55.2 Å². The Labute approximate surface area is 248 Å². The molecule has 218 valence electrons. The fourth-order valence-electron chi connectivity index (χ4n) is 5.61. The van der Waals surface area contributed by atoms with Gasteiger partial charge in [-0.2, -0.15) is 0 Å². The van der Waals surface area contributed by atoms with Gasteiger partial charge in [0.1, 0.15) is 16.6 Å². The van der Waals surface area contributed by atoms with Gasteiger partial charge < -0.3 is 24.6 Å². The summed E-state index contributed by atoms with van der Waals surface area (Å²) in [5, 5.41) is 3.69. The number of likely N-dealkylation sites (tertiary alicyclic amines) is 1. The van der Waals surface area contributed by atoms with Gasteiger partial charge in [-0.25, -0.2) is 9.97 Å². The molecule has 0 bridgehead atoms. The van der Waals surface area contributed by atoms with Gasteiger partial charge in [0.05, 0.1) is 36.8 Å². The van der Waals surface area contributed by atoms with E-state index in [4.69, 9.17) is 26.1 Å². The van der Waals surface area contributed by atoms with Gasteiger partial charge in [0.15, 0.2) is 5.82 Å². The molecule has 0 radical (unpaired) electrons. The molecule has 5 rings (SSSR count). The maximum absolute atomic E-state index is 13.3. The maximum Gasteiger partial charge on any atom is 0.256 e. The quantitative estimate of drug-likeness (QED) is 0.360. The molecular formula is C32H40ClN5O3. The molecule has 1 aromatic heterocycles. The Morgan fingerprint density at radius 3 is 2.61 bits per heavy atom. The van der Waals surface area contributed by atoms with Crippen LogP contribution in [0.5, 0.6) is 5.75 Å². The molecule has 0 saturated carbocycles. The number of hydrogen-bond donors (Lipinski definition) is 1. The van der Waals surface area contributed by atoms with E-state index in [0.29, 0.717) is 66.6 Å². The highest BCUT2D eigenvalue weighted by molar-refractivity contribution is 6.32. The van der Waals surface area contributed by atoms with E-state index >= 15 is 0 Å². The number of nitrogens with zero attached hydrogens (tertiary/aromatic N) is 4. The van der Waals surface area contributed by atoms with Gasteiger partial charge in [-0.15, -0.1) is 0 Å². The van der Waals surface area contributed by atoms with Crippen molar-refractivity contribution < 1.29 is 14.3 Å². The van der Waals surface area contributed by atoms with Crippen LogP contribution in [0.3, 0.4) is 0 Å². The molecule has 0 aliphatic carbocycles. The van der Waals surface area contributed by atoms with Crippen LogP contribution in [0.1, 0.15) is 65.5 Å². The number of para-hydroxylation sites is 1. The van der Waals surface area contributed by atoms with Crippen molar-refractivity contribution in [2.45, 2.75) is 52.1 Å². The Balaban J connectivity index is 1.40. The third-order valence-corrected chi connectivity index (χ3v) is 8.10. The number of aromatic nitrogens is 2. The van der Waals surface area contributed by atoms with Gasteiger partial charge in [0, 0.05) is 25.1 Å². The lowest BCUT2D eigenvalue weighted by Gasteiger charge is -2.30. The molecule has 1 N–H and O–H groups in total. The molecule has 2 fully saturated rings. The van der Waals surface area contributed by atoms with Crippen molar-refractivity contribution in [3.8, 4) is 5.75 Å². The zero-order chi connectivity index (χ0) is 28.9. The topological polar surface area (TPSA) is 79.8 Å². The van der Waals surface area contributed by atoms with E-state index in [-0.39, 0.29) is 12.0 Å². The molecular weight excluding hydrogens is 538 g/mol.